The molecule has 25 heavy (non-hydrogen) atoms. The van der Waals surface area contributed by atoms with Crippen molar-refractivity contribution < 1.29 is 9.21 Å². The number of carbonyl (C=O) groups excluding carboxylic acids is 1. The van der Waals surface area contributed by atoms with E-state index in [1.54, 1.807) is 0 Å². The van der Waals surface area contributed by atoms with Crippen molar-refractivity contribution in [2.24, 2.45) is 0 Å². The van der Waals surface area contributed by atoms with Gasteiger partial charge in [0, 0.05) is 36.1 Å². The molecule has 4 rings (SSSR count). The zero-order chi connectivity index (χ0) is 17.4. The molecule has 134 valence electrons. The molecule has 0 spiro atoms. The molecule has 0 radical (unpaired) electrons. The molecule has 5 nitrogen and oxygen atoms in total. The molecule has 1 saturated carbocycles. The van der Waals surface area contributed by atoms with Gasteiger partial charge in [-0.15, -0.1) is 0 Å². The van der Waals surface area contributed by atoms with Crippen LogP contribution in [0.3, 0.4) is 0 Å². The van der Waals surface area contributed by atoms with Crippen molar-refractivity contribution in [3.63, 3.8) is 0 Å². The van der Waals surface area contributed by atoms with E-state index in [0.717, 1.165) is 54.3 Å². The second kappa shape index (κ2) is 6.71. The molecule has 2 aliphatic rings. The largest absolute Gasteiger partial charge is 0.459 e. The van der Waals surface area contributed by atoms with E-state index in [-0.39, 0.29) is 18.1 Å². The SMILES string of the molecule is Cc1c([C@H](C)NC(=O)NC2CCN(C3CC3)CC2)oc2ccccc12. The third kappa shape index (κ3) is 3.52. The van der Waals surface area contributed by atoms with Crippen LogP contribution in [0.5, 0.6) is 0 Å². The quantitative estimate of drug-likeness (QED) is 0.891. The maximum Gasteiger partial charge on any atom is 0.315 e. The van der Waals surface area contributed by atoms with Crippen molar-refractivity contribution in [3.8, 4) is 0 Å². The highest BCUT2D eigenvalue weighted by Crippen LogP contribution is 2.30. The lowest BCUT2D eigenvalue weighted by molar-refractivity contribution is 0.185. The molecular formula is C20H27N3O2. The molecular weight excluding hydrogens is 314 g/mol. The highest BCUT2D eigenvalue weighted by atomic mass is 16.3. The van der Waals surface area contributed by atoms with Crippen LogP contribution in [-0.2, 0) is 0 Å². The maximum atomic E-state index is 12.4. The summed E-state index contributed by atoms with van der Waals surface area (Å²) in [5.41, 5.74) is 1.97. The van der Waals surface area contributed by atoms with Gasteiger partial charge in [0.15, 0.2) is 0 Å². The minimum atomic E-state index is -0.154. The number of aryl methyl sites for hydroxylation is 1. The summed E-state index contributed by atoms with van der Waals surface area (Å²) in [5.74, 6) is 0.833. The van der Waals surface area contributed by atoms with E-state index >= 15 is 0 Å². The predicted octanol–water partition coefficient (Wildman–Crippen LogP) is 3.73. The summed E-state index contributed by atoms with van der Waals surface area (Å²) in [6, 6.07) is 8.84. The Morgan fingerprint density at radius 3 is 2.60 bits per heavy atom. The van der Waals surface area contributed by atoms with Crippen LogP contribution in [0.4, 0.5) is 4.79 Å². The third-order valence-corrected chi connectivity index (χ3v) is 5.55. The Bertz CT molecular complexity index is 757. The number of urea groups is 1. The number of carbonyl (C=O) groups is 1. The second-order valence-electron chi connectivity index (χ2n) is 7.47. The lowest BCUT2D eigenvalue weighted by atomic mass is 10.1. The number of furan rings is 1. The van der Waals surface area contributed by atoms with Crippen molar-refractivity contribution in [2.45, 2.75) is 57.7 Å². The number of para-hydroxylation sites is 1. The van der Waals surface area contributed by atoms with Gasteiger partial charge in [-0.3, -0.25) is 0 Å². The van der Waals surface area contributed by atoms with Crippen molar-refractivity contribution in [1.29, 1.82) is 0 Å². The first kappa shape index (κ1) is 16.5. The minimum absolute atomic E-state index is 0.0998. The van der Waals surface area contributed by atoms with E-state index in [4.69, 9.17) is 4.42 Å². The van der Waals surface area contributed by atoms with Gasteiger partial charge in [-0.05, 0) is 45.6 Å². The van der Waals surface area contributed by atoms with E-state index in [0.29, 0.717) is 0 Å². The van der Waals surface area contributed by atoms with Crippen LogP contribution in [0, 0.1) is 6.92 Å². The first-order valence-corrected chi connectivity index (χ1v) is 9.41. The van der Waals surface area contributed by atoms with E-state index in [1.165, 1.54) is 12.8 Å². The molecule has 2 aromatic rings. The fraction of sp³-hybridized carbons (Fsp3) is 0.550. The maximum absolute atomic E-state index is 12.4. The highest BCUT2D eigenvalue weighted by Gasteiger charge is 2.32. The number of hydrogen-bond acceptors (Lipinski definition) is 3. The smallest absolute Gasteiger partial charge is 0.315 e. The molecule has 2 N–H and O–H groups in total. The molecule has 2 fully saturated rings. The number of fused-ring (bicyclic) bond motifs is 1. The van der Waals surface area contributed by atoms with Crippen molar-refractivity contribution in [3.05, 3.63) is 35.6 Å². The summed E-state index contributed by atoms with van der Waals surface area (Å²) in [6.45, 7) is 6.23. The standard InChI is InChI=1S/C20H27N3O2/c1-13-17-5-3-4-6-18(17)25-19(13)14(2)21-20(24)22-15-9-11-23(12-10-15)16-7-8-16/h3-6,14-16H,7-12H2,1-2H3,(H2,21,22,24)/t14-/m0/s1. The van der Waals surface area contributed by atoms with Gasteiger partial charge in [0.25, 0.3) is 0 Å². The number of rotatable bonds is 4. The second-order valence-corrected chi connectivity index (χ2v) is 7.47. The Hall–Kier alpha value is -2.01. The molecule has 5 heteroatoms. The van der Waals surface area contributed by atoms with Gasteiger partial charge in [-0.1, -0.05) is 18.2 Å². The van der Waals surface area contributed by atoms with E-state index in [9.17, 15) is 4.79 Å². The summed E-state index contributed by atoms with van der Waals surface area (Å²) in [7, 11) is 0. The first-order valence-electron chi connectivity index (χ1n) is 9.41. The zero-order valence-corrected chi connectivity index (χ0v) is 15.0. The predicted molar refractivity (Wildman–Crippen MR) is 98.7 cm³/mol. The number of amides is 2. The summed E-state index contributed by atoms with van der Waals surface area (Å²) in [5, 5.41) is 7.28. The average molecular weight is 341 g/mol. The summed E-state index contributed by atoms with van der Waals surface area (Å²) in [4.78, 5) is 14.9. The van der Waals surface area contributed by atoms with Crippen molar-refractivity contribution in [1.82, 2.24) is 15.5 Å². The van der Waals surface area contributed by atoms with Crippen molar-refractivity contribution >= 4 is 17.0 Å². The van der Waals surface area contributed by atoms with Crippen LogP contribution >= 0.6 is 0 Å². The van der Waals surface area contributed by atoms with Crippen LogP contribution in [0.15, 0.2) is 28.7 Å². The highest BCUT2D eigenvalue weighted by molar-refractivity contribution is 5.82. The Balaban J connectivity index is 1.33. The Kier molecular flexibility index (Phi) is 4.42. The van der Waals surface area contributed by atoms with E-state index in [2.05, 4.69) is 21.6 Å². The average Bonchev–Trinajstić information content (AvgIpc) is 3.40. The molecule has 1 aromatic heterocycles. The van der Waals surface area contributed by atoms with Crippen LogP contribution in [0.2, 0.25) is 0 Å². The van der Waals surface area contributed by atoms with Gasteiger partial charge in [0.1, 0.15) is 11.3 Å². The topological polar surface area (TPSA) is 57.5 Å². The molecule has 1 atom stereocenters. The molecule has 1 saturated heterocycles. The van der Waals surface area contributed by atoms with Crippen molar-refractivity contribution in [2.75, 3.05) is 13.1 Å². The zero-order valence-electron chi connectivity index (χ0n) is 15.0. The number of hydrogen-bond donors (Lipinski definition) is 2. The number of nitrogens with one attached hydrogen (secondary N) is 2. The van der Waals surface area contributed by atoms with E-state index in [1.807, 2.05) is 32.0 Å². The van der Waals surface area contributed by atoms with Gasteiger partial charge in [0.05, 0.1) is 6.04 Å². The molecule has 1 aromatic carbocycles. The van der Waals surface area contributed by atoms with Gasteiger partial charge in [-0.2, -0.15) is 0 Å². The van der Waals surface area contributed by atoms with Crippen LogP contribution in [0.25, 0.3) is 11.0 Å². The van der Waals surface area contributed by atoms with Crippen LogP contribution in [-0.4, -0.2) is 36.1 Å². The van der Waals surface area contributed by atoms with Crippen LogP contribution in [0.1, 0.15) is 50.0 Å². The number of benzene rings is 1. The minimum Gasteiger partial charge on any atom is -0.459 e. The first-order chi connectivity index (χ1) is 12.1. The fourth-order valence-electron chi connectivity index (χ4n) is 3.94. The van der Waals surface area contributed by atoms with Gasteiger partial charge in [-0.25, -0.2) is 4.79 Å². The molecule has 2 heterocycles. The summed E-state index contributed by atoms with van der Waals surface area (Å²) < 4.78 is 5.95. The summed E-state index contributed by atoms with van der Waals surface area (Å²) >= 11 is 0. The van der Waals surface area contributed by atoms with Gasteiger partial charge in [0.2, 0.25) is 0 Å². The lowest BCUT2D eigenvalue weighted by Crippen LogP contribution is -2.48. The Labute approximate surface area is 148 Å². The fourth-order valence-corrected chi connectivity index (χ4v) is 3.94. The Morgan fingerprint density at radius 2 is 1.92 bits per heavy atom. The van der Waals surface area contributed by atoms with Gasteiger partial charge >= 0.3 is 6.03 Å². The normalized spacial score (nSPS) is 20.6. The number of piperidine rings is 1. The molecule has 0 bridgehead atoms. The molecule has 1 aliphatic heterocycles. The third-order valence-electron chi connectivity index (χ3n) is 5.55. The van der Waals surface area contributed by atoms with Gasteiger partial charge < -0.3 is 20.0 Å². The monoisotopic (exact) mass is 341 g/mol. The Morgan fingerprint density at radius 1 is 1.20 bits per heavy atom. The van der Waals surface area contributed by atoms with Crippen LogP contribution < -0.4 is 10.6 Å². The summed E-state index contributed by atoms with van der Waals surface area (Å²) in [6.07, 6.45) is 4.80. The molecule has 0 unspecified atom stereocenters. The molecule has 2 amide bonds. The van der Waals surface area contributed by atoms with E-state index < -0.39 is 0 Å². The number of likely N-dealkylation sites (tertiary alicyclic amines) is 1. The molecule has 1 aliphatic carbocycles. The lowest BCUT2D eigenvalue weighted by Gasteiger charge is -2.32. The number of nitrogens with zero attached hydrogens (tertiary/aromatic N) is 1.